The second-order valence-corrected chi connectivity index (χ2v) is 7.07. The third kappa shape index (κ3) is 3.14. The molecule has 1 aromatic heterocycles. The number of ether oxygens (including phenoxy) is 1. The zero-order valence-electron chi connectivity index (χ0n) is 12.9. The Hall–Kier alpha value is -1.32. The molecule has 0 bridgehead atoms. The van der Waals surface area contributed by atoms with E-state index >= 15 is 0 Å². The van der Waals surface area contributed by atoms with E-state index in [4.69, 9.17) is 4.74 Å². The lowest BCUT2D eigenvalue weighted by molar-refractivity contribution is 0.356. The van der Waals surface area contributed by atoms with Crippen LogP contribution in [-0.4, -0.2) is 6.61 Å². The summed E-state index contributed by atoms with van der Waals surface area (Å²) < 4.78 is 5.59. The molecule has 1 aliphatic heterocycles. The molecule has 3 heteroatoms. The van der Waals surface area contributed by atoms with E-state index in [2.05, 4.69) is 61.8 Å². The van der Waals surface area contributed by atoms with Crippen molar-refractivity contribution in [2.24, 2.45) is 5.92 Å². The average molecular weight is 301 g/mol. The van der Waals surface area contributed by atoms with Crippen molar-refractivity contribution in [3.8, 4) is 5.75 Å². The Morgan fingerprint density at radius 3 is 2.76 bits per heavy atom. The first-order valence-electron chi connectivity index (χ1n) is 7.70. The minimum Gasteiger partial charge on any atom is -0.493 e. The normalized spacial score (nSPS) is 16.6. The number of benzene rings is 1. The SMILES string of the molecule is CC(NC(c1cccs1)C(C)C)c1ccc2c(c1)CCO2. The highest BCUT2D eigenvalue weighted by molar-refractivity contribution is 7.10. The van der Waals surface area contributed by atoms with Crippen LogP contribution in [0.5, 0.6) is 5.75 Å². The molecule has 0 radical (unpaired) electrons. The first-order chi connectivity index (χ1) is 10.1. The van der Waals surface area contributed by atoms with Crippen molar-refractivity contribution in [1.29, 1.82) is 0 Å². The zero-order chi connectivity index (χ0) is 14.8. The van der Waals surface area contributed by atoms with Gasteiger partial charge in [0.2, 0.25) is 0 Å². The van der Waals surface area contributed by atoms with Crippen molar-refractivity contribution < 1.29 is 4.74 Å². The van der Waals surface area contributed by atoms with Gasteiger partial charge in [-0.25, -0.2) is 0 Å². The highest BCUT2D eigenvalue weighted by Crippen LogP contribution is 2.31. The number of fused-ring (bicyclic) bond motifs is 1. The molecule has 1 aromatic carbocycles. The molecule has 1 aliphatic rings. The molecule has 112 valence electrons. The summed E-state index contributed by atoms with van der Waals surface area (Å²) in [6, 6.07) is 11.7. The Kier molecular flexibility index (Phi) is 4.32. The maximum absolute atomic E-state index is 5.59. The summed E-state index contributed by atoms with van der Waals surface area (Å²) in [5, 5.41) is 5.95. The van der Waals surface area contributed by atoms with Gasteiger partial charge in [0.05, 0.1) is 6.61 Å². The van der Waals surface area contributed by atoms with Crippen LogP contribution < -0.4 is 10.1 Å². The first kappa shape index (κ1) is 14.6. The summed E-state index contributed by atoms with van der Waals surface area (Å²) in [5.74, 6) is 1.63. The van der Waals surface area contributed by atoms with Crippen molar-refractivity contribution in [2.45, 2.75) is 39.3 Å². The van der Waals surface area contributed by atoms with E-state index in [1.165, 1.54) is 16.0 Å². The van der Waals surface area contributed by atoms with Gasteiger partial charge in [-0.2, -0.15) is 0 Å². The number of rotatable bonds is 5. The van der Waals surface area contributed by atoms with E-state index in [-0.39, 0.29) is 0 Å². The van der Waals surface area contributed by atoms with Gasteiger partial charge in [-0.1, -0.05) is 32.0 Å². The maximum Gasteiger partial charge on any atom is 0.122 e. The molecule has 1 N–H and O–H groups in total. The van der Waals surface area contributed by atoms with Crippen LogP contribution in [0.2, 0.25) is 0 Å². The second-order valence-electron chi connectivity index (χ2n) is 6.09. The molecular formula is C18H23NOS. The summed E-state index contributed by atoms with van der Waals surface area (Å²) in [4.78, 5) is 1.42. The lowest BCUT2D eigenvalue weighted by Gasteiger charge is -2.26. The summed E-state index contributed by atoms with van der Waals surface area (Å²) in [6.45, 7) is 7.63. The Balaban J connectivity index is 1.77. The van der Waals surface area contributed by atoms with E-state index in [1.54, 1.807) is 0 Å². The van der Waals surface area contributed by atoms with Crippen LogP contribution in [0.15, 0.2) is 35.7 Å². The molecule has 0 aliphatic carbocycles. The fourth-order valence-electron chi connectivity index (χ4n) is 2.91. The molecule has 2 nitrogen and oxygen atoms in total. The van der Waals surface area contributed by atoms with Crippen molar-refractivity contribution in [1.82, 2.24) is 5.32 Å². The standard InChI is InChI=1S/C18H23NOS/c1-12(2)18(17-5-4-10-21-17)19-13(3)14-6-7-16-15(11-14)8-9-20-16/h4-7,10-13,18-19H,8-9H2,1-3H3. The van der Waals surface area contributed by atoms with Crippen molar-refractivity contribution in [3.05, 3.63) is 51.7 Å². The van der Waals surface area contributed by atoms with Crippen LogP contribution in [0.25, 0.3) is 0 Å². The van der Waals surface area contributed by atoms with Gasteiger partial charge in [-0.3, -0.25) is 0 Å². The fourth-order valence-corrected chi connectivity index (χ4v) is 3.87. The molecule has 3 rings (SSSR count). The van der Waals surface area contributed by atoms with Gasteiger partial charge in [0.25, 0.3) is 0 Å². The largest absolute Gasteiger partial charge is 0.493 e. The lowest BCUT2D eigenvalue weighted by atomic mass is 9.98. The summed E-state index contributed by atoms with van der Waals surface area (Å²) in [5.41, 5.74) is 2.69. The topological polar surface area (TPSA) is 21.3 Å². The molecule has 2 aromatic rings. The van der Waals surface area contributed by atoms with Gasteiger partial charge in [0.1, 0.15) is 5.75 Å². The van der Waals surface area contributed by atoms with Crippen LogP contribution in [0.3, 0.4) is 0 Å². The molecule has 0 spiro atoms. The van der Waals surface area contributed by atoms with Gasteiger partial charge >= 0.3 is 0 Å². The van der Waals surface area contributed by atoms with Crippen molar-refractivity contribution >= 4 is 11.3 Å². The fraction of sp³-hybridized carbons (Fsp3) is 0.444. The number of nitrogens with one attached hydrogen (secondary N) is 1. The van der Waals surface area contributed by atoms with Gasteiger partial charge < -0.3 is 10.1 Å². The lowest BCUT2D eigenvalue weighted by Crippen LogP contribution is -2.27. The van der Waals surface area contributed by atoms with Crippen LogP contribution in [0.4, 0.5) is 0 Å². The summed E-state index contributed by atoms with van der Waals surface area (Å²) in [6.07, 6.45) is 1.04. The number of hydrogen-bond acceptors (Lipinski definition) is 3. The van der Waals surface area contributed by atoms with Gasteiger partial charge in [-0.15, -0.1) is 11.3 Å². The summed E-state index contributed by atoms with van der Waals surface area (Å²) in [7, 11) is 0. The Bertz CT molecular complexity index is 591. The zero-order valence-corrected chi connectivity index (χ0v) is 13.7. The van der Waals surface area contributed by atoms with Crippen LogP contribution in [-0.2, 0) is 6.42 Å². The van der Waals surface area contributed by atoms with E-state index in [0.717, 1.165) is 18.8 Å². The minimum atomic E-state index is 0.338. The first-order valence-corrected chi connectivity index (χ1v) is 8.58. The van der Waals surface area contributed by atoms with E-state index < -0.39 is 0 Å². The molecule has 21 heavy (non-hydrogen) atoms. The van der Waals surface area contributed by atoms with Gasteiger partial charge in [0.15, 0.2) is 0 Å². The predicted molar refractivity (Wildman–Crippen MR) is 89.1 cm³/mol. The minimum absolute atomic E-state index is 0.338. The molecule has 2 heterocycles. The highest BCUT2D eigenvalue weighted by Gasteiger charge is 2.21. The highest BCUT2D eigenvalue weighted by atomic mass is 32.1. The maximum atomic E-state index is 5.59. The molecule has 0 fully saturated rings. The van der Waals surface area contributed by atoms with E-state index in [9.17, 15) is 0 Å². The average Bonchev–Trinajstić information content (AvgIpc) is 3.14. The molecule has 0 saturated carbocycles. The number of hydrogen-bond donors (Lipinski definition) is 1. The molecule has 0 saturated heterocycles. The van der Waals surface area contributed by atoms with E-state index in [0.29, 0.717) is 18.0 Å². The quantitative estimate of drug-likeness (QED) is 0.862. The van der Waals surface area contributed by atoms with Crippen molar-refractivity contribution in [2.75, 3.05) is 6.61 Å². The Morgan fingerprint density at radius 1 is 1.19 bits per heavy atom. The van der Waals surface area contributed by atoms with Crippen molar-refractivity contribution in [3.63, 3.8) is 0 Å². The molecule has 0 amide bonds. The smallest absolute Gasteiger partial charge is 0.122 e. The molecule has 2 unspecified atom stereocenters. The Morgan fingerprint density at radius 2 is 2.05 bits per heavy atom. The predicted octanol–water partition coefficient (Wildman–Crippen LogP) is 4.73. The van der Waals surface area contributed by atoms with Crippen LogP contribution in [0, 0.1) is 5.92 Å². The van der Waals surface area contributed by atoms with Gasteiger partial charge in [-0.05, 0) is 41.5 Å². The summed E-state index contributed by atoms with van der Waals surface area (Å²) >= 11 is 1.83. The molecular weight excluding hydrogens is 278 g/mol. The van der Waals surface area contributed by atoms with Crippen LogP contribution in [0.1, 0.15) is 48.9 Å². The third-order valence-corrected chi connectivity index (χ3v) is 5.11. The van der Waals surface area contributed by atoms with E-state index in [1.807, 2.05) is 11.3 Å². The Labute approximate surface area is 131 Å². The third-order valence-electron chi connectivity index (χ3n) is 4.16. The molecule has 2 atom stereocenters. The van der Waals surface area contributed by atoms with Crippen LogP contribution >= 0.6 is 11.3 Å². The number of thiophene rings is 1. The monoisotopic (exact) mass is 301 g/mol. The second kappa shape index (κ2) is 6.20. The van der Waals surface area contributed by atoms with Gasteiger partial charge in [0, 0.05) is 23.4 Å².